The monoisotopic (exact) mass is 529 g/mol. The van der Waals surface area contributed by atoms with Crippen LogP contribution in [0.5, 0.6) is 23.0 Å². The number of nitrogens with one attached hydrogen (secondary N) is 1. The Morgan fingerprint density at radius 1 is 0.949 bits per heavy atom. The molecule has 0 bridgehead atoms. The number of aromatic amines is 1. The topological polar surface area (TPSA) is 123 Å². The van der Waals surface area contributed by atoms with E-state index in [2.05, 4.69) is 9.97 Å². The Morgan fingerprint density at radius 3 is 2.38 bits per heavy atom. The fourth-order valence-electron chi connectivity index (χ4n) is 4.70. The summed E-state index contributed by atoms with van der Waals surface area (Å²) in [7, 11) is 4.45. The first kappa shape index (κ1) is 25.7. The van der Waals surface area contributed by atoms with Crippen LogP contribution in [0.25, 0.3) is 16.8 Å². The number of anilines is 1. The lowest BCUT2D eigenvalue weighted by Crippen LogP contribution is -2.30. The molecule has 1 fully saturated rings. The number of ketones is 1. The zero-order chi connectivity index (χ0) is 27.7. The summed E-state index contributed by atoms with van der Waals surface area (Å²) in [6, 6.07) is 16.1. The van der Waals surface area contributed by atoms with Gasteiger partial charge in [0.25, 0.3) is 5.78 Å². The Balaban J connectivity index is 1.77. The van der Waals surface area contributed by atoms with Gasteiger partial charge in [-0.2, -0.15) is 0 Å². The highest BCUT2D eigenvalue weighted by atomic mass is 16.5. The van der Waals surface area contributed by atoms with Crippen molar-refractivity contribution >= 4 is 34.4 Å². The molecular weight excluding hydrogens is 502 g/mol. The van der Waals surface area contributed by atoms with Crippen LogP contribution in [-0.4, -0.2) is 54.7 Å². The maximum atomic E-state index is 13.6. The average molecular weight is 530 g/mol. The highest BCUT2D eigenvalue weighted by molar-refractivity contribution is 6.51. The predicted molar refractivity (Wildman–Crippen MR) is 145 cm³/mol. The van der Waals surface area contributed by atoms with E-state index in [-0.39, 0.29) is 17.1 Å². The molecule has 2 heterocycles. The molecule has 2 N–H and O–H groups in total. The van der Waals surface area contributed by atoms with Gasteiger partial charge in [0.05, 0.1) is 56.1 Å². The standard InChI is InChI=1S/C29H27N3O7/c1-5-39-23-14-16(10-12-22(23)38-4)25-24(26(33)18-15-17(36-2)11-13-21(18)37-3)27(34)28(35)32(25)29-30-19-8-6-7-9-20(19)31-29/h6-15,25,33H,5H2,1-4H3,(H,30,31)/b26-24+. The third-order valence-corrected chi connectivity index (χ3v) is 6.51. The van der Waals surface area contributed by atoms with Gasteiger partial charge in [-0.05, 0) is 55.0 Å². The normalized spacial score (nSPS) is 16.5. The van der Waals surface area contributed by atoms with E-state index in [9.17, 15) is 14.7 Å². The lowest BCUT2D eigenvalue weighted by molar-refractivity contribution is -0.132. The summed E-state index contributed by atoms with van der Waals surface area (Å²) in [5.41, 5.74) is 1.87. The fraction of sp³-hybridized carbons (Fsp3) is 0.207. The van der Waals surface area contributed by atoms with Gasteiger partial charge in [-0.1, -0.05) is 18.2 Å². The molecule has 0 spiro atoms. The number of imidazole rings is 1. The number of aromatic nitrogens is 2. The molecule has 1 aliphatic rings. The number of aliphatic hydroxyl groups is 1. The number of carbonyl (C=O) groups is 2. The largest absolute Gasteiger partial charge is 0.507 e. The molecule has 200 valence electrons. The molecule has 3 aromatic carbocycles. The quantitative estimate of drug-likeness (QED) is 0.193. The van der Waals surface area contributed by atoms with Gasteiger partial charge in [-0.3, -0.25) is 14.5 Å². The van der Waals surface area contributed by atoms with Gasteiger partial charge in [-0.25, -0.2) is 4.98 Å². The summed E-state index contributed by atoms with van der Waals surface area (Å²) >= 11 is 0. The third-order valence-electron chi connectivity index (χ3n) is 6.51. The number of nitrogens with zero attached hydrogens (tertiary/aromatic N) is 2. The Kier molecular flexibility index (Phi) is 6.84. The molecule has 1 aromatic heterocycles. The molecule has 1 amide bonds. The van der Waals surface area contributed by atoms with Crippen LogP contribution in [-0.2, 0) is 9.59 Å². The van der Waals surface area contributed by atoms with Crippen molar-refractivity contribution in [2.24, 2.45) is 0 Å². The number of ether oxygens (including phenoxy) is 4. The summed E-state index contributed by atoms with van der Waals surface area (Å²) in [6.45, 7) is 2.20. The fourth-order valence-corrected chi connectivity index (χ4v) is 4.70. The second-order valence-electron chi connectivity index (χ2n) is 8.66. The summed E-state index contributed by atoms with van der Waals surface area (Å²) in [5.74, 6) is -0.347. The first-order valence-electron chi connectivity index (χ1n) is 12.2. The molecule has 1 saturated heterocycles. The Hall–Kier alpha value is -4.99. The van der Waals surface area contributed by atoms with Crippen LogP contribution in [0.2, 0.25) is 0 Å². The van der Waals surface area contributed by atoms with Crippen LogP contribution in [0.15, 0.2) is 66.2 Å². The van der Waals surface area contributed by atoms with E-state index in [0.717, 1.165) is 0 Å². The number of Topliss-reactive ketones (excluding diaryl/α,β-unsaturated/α-hetero) is 1. The zero-order valence-corrected chi connectivity index (χ0v) is 21.8. The first-order chi connectivity index (χ1) is 18.9. The van der Waals surface area contributed by atoms with Crippen molar-refractivity contribution < 1.29 is 33.6 Å². The van der Waals surface area contributed by atoms with Crippen molar-refractivity contribution in [3.05, 3.63) is 77.4 Å². The molecule has 0 saturated carbocycles. The van der Waals surface area contributed by atoms with Gasteiger partial charge >= 0.3 is 5.91 Å². The molecular formula is C29H27N3O7. The van der Waals surface area contributed by atoms with Crippen molar-refractivity contribution in [1.82, 2.24) is 9.97 Å². The number of benzene rings is 3. The molecule has 5 rings (SSSR count). The molecule has 1 aliphatic heterocycles. The van der Waals surface area contributed by atoms with Crippen LogP contribution in [0, 0.1) is 0 Å². The van der Waals surface area contributed by atoms with Crippen molar-refractivity contribution in [3.63, 3.8) is 0 Å². The lowest BCUT2D eigenvalue weighted by Gasteiger charge is -2.24. The number of H-pyrrole nitrogens is 1. The van der Waals surface area contributed by atoms with E-state index >= 15 is 0 Å². The van der Waals surface area contributed by atoms with Gasteiger partial charge < -0.3 is 29.0 Å². The molecule has 10 heteroatoms. The van der Waals surface area contributed by atoms with E-state index in [4.69, 9.17) is 18.9 Å². The van der Waals surface area contributed by atoms with Crippen molar-refractivity contribution in [2.45, 2.75) is 13.0 Å². The third kappa shape index (κ3) is 4.39. The highest BCUT2D eigenvalue weighted by Gasteiger charge is 2.48. The smallest absolute Gasteiger partial charge is 0.302 e. The first-order valence-corrected chi connectivity index (χ1v) is 12.2. The minimum Gasteiger partial charge on any atom is -0.507 e. The predicted octanol–water partition coefficient (Wildman–Crippen LogP) is 4.61. The van der Waals surface area contributed by atoms with Crippen LogP contribution < -0.4 is 23.8 Å². The van der Waals surface area contributed by atoms with Crippen LogP contribution in [0.3, 0.4) is 0 Å². The molecule has 0 aliphatic carbocycles. The molecule has 1 atom stereocenters. The van der Waals surface area contributed by atoms with Crippen LogP contribution in [0.1, 0.15) is 24.1 Å². The number of hydrogen-bond acceptors (Lipinski definition) is 8. The number of rotatable bonds is 8. The number of hydrogen-bond donors (Lipinski definition) is 2. The molecule has 1 unspecified atom stereocenters. The van der Waals surface area contributed by atoms with Crippen molar-refractivity contribution in [1.29, 1.82) is 0 Å². The summed E-state index contributed by atoms with van der Waals surface area (Å²) in [4.78, 5) is 36.1. The minimum absolute atomic E-state index is 0.139. The number of carbonyl (C=O) groups excluding carboxylic acids is 2. The van der Waals surface area contributed by atoms with Crippen molar-refractivity contribution in [3.8, 4) is 23.0 Å². The second kappa shape index (κ2) is 10.4. The number of para-hydroxylation sites is 2. The van der Waals surface area contributed by atoms with E-state index in [1.165, 1.54) is 26.2 Å². The van der Waals surface area contributed by atoms with E-state index in [1.54, 1.807) is 42.5 Å². The number of amides is 1. The van der Waals surface area contributed by atoms with Crippen LogP contribution in [0.4, 0.5) is 5.95 Å². The molecule has 39 heavy (non-hydrogen) atoms. The minimum atomic E-state index is -1.05. The Morgan fingerprint density at radius 2 is 1.69 bits per heavy atom. The Labute approximate surface area is 224 Å². The zero-order valence-electron chi connectivity index (χ0n) is 21.8. The van der Waals surface area contributed by atoms with Gasteiger partial charge in [0.15, 0.2) is 11.5 Å². The molecule has 4 aromatic rings. The maximum Gasteiger partial charge on any atom is 0.302 e. The summed E-state index contributed by atoms with van der Waals surface area (Å²) in [6.07, 6.45) is 0. The van der Waals surface area contributed by atoms with Gasteiger partial charge in [0.2, 0.25) is 5.95 Å². The lowest BCUT2D eigenvalue weighted by atomic mass is 9.94. The second-order valence-corrected chi connectivity index (χ2v) is 8.66. The maximum absolute atomic E-state index is 13.6. The molecule has 10 nitrogen and oxygen atoms in total. The SMILES string of the molecule is CCOc1cc(C2/C(=C(\O)c3cc(OC)ccc3OC)C(=O)C(=O)N2c2nc3ccccc3[nH]2)ccc1OC. The van der Waals surface area contributed by atoms with E-state index in [1.807, 2.05) is 25.1 Å². The van der Waals surface area contributed by atoms with Gasteiger partial charge in [0, 0.05) is 0 Å². The number of aliphatic hydroxyl groups excluding tert-OH is 1. The van der Waals surface area contributed by atoms with Gasteiger partial charge in [-0.15, -0.1) is 0 Å². The average Bonchev–Trinajstić information content (AvgIpc) is 3.50. The highest BCUT2D eigenvalue weighted by Crippen LogP contribution is 2.45. The molecule has 0 radical (unpaired) electrons. The van der Waals surface area contributed by atoms with E-state index < -0.39 is 23.5 Å². The number of fused-ring (bicyclic) bond motifs is 1. The summed E-state index contributed by atoms with van der Waals surface area (Å²) in [5, 5.41) is 11.6. The number of methoxy groups -OCH3 is 3. The Bertz CT molecular complexity index is 1570. The summed E-state index contributed by atoms with van der Waals surface area (Å²) < 4.78 is 22.0. The van der Waals surface area contributed by atoms with Gasteiger partial charge in [0.1, 0.15) is 17.3 Å². The van der Waals surface area contributed by atoms with E-state index in [0.29, 0.717) is 46.2 Å². The van der Waals surface area contributed by atoms with Crippen LogP contribution >= 0.6 is 0 Å². The van der Waals surface area contributed by atoms with Crippen molar-refractivity contribution in [2.75, 3.05) is 32.8 Å².